The zero-order chi connectivity index (χ0) is 18.2. The Labute approximate surface area is 156 Å². The fourth-order valence-electron chi connectivity index (χ4n) is 3.48. The van der Waals surface area contributed by atoms with Gasteiger partial charge in [-0.25, -0.2) is 0 Å². The molecule has 1 aromatic heterocycles. The van der Waals surface area contributed by atoms with Crippen LogP contribution in [-0.4, -0.2) is 41.4 Å². The molecule has 0 spiro atoms. The summed E-state index contributed by atoms with van der Waals surface area (Å²) in [4.78, 5) is 12.4. The van der Waals surface area contributed by atoms with Gasteiger partial charge in [-0.15, -0.1) is 5.53 Å². The second kappa shape index (κ2) is 6.71. The van der Waals surface area contributed by atoms with Gasteiger partial charge in [0, 0.05) is 29.8 Å². The molecule has 1 saturated carbocycles. The summed E-state index contributed by atoms with van der Waals surface area (Å²) < 4.78 is 10.4. The molecule has 1 amide bonds. The summed E-state index contributed by atoms with van der Waals surface area (Å²) in [5, 5.41) is 9.10. The SMILES string of the molecule is O=C(NC1CC(N2C=C(C3COC3)NN2)C1)c1cc(-c2ccccc2)no1. The van der Waals surface area contributed by atoms with E-state index in [4.69, 9.17) is 9.26 Å². The van der Waals surface area contributed by atoms with Gasteiger partial charge in [0.2, 0.25) is 5.76 Å². The van der Waals surface area contributed by atoms with E-state index >= 15 is 0 Å². The third-order valence-electron chi connectivity index (χ3n) is 5.33. The molecule has 27 heavy (non-hydrogen) atoms. The first-order valence-electron chi connectivity index (χ1n) is 9.19. The van der Waals surface area contributed by atoms with Crippen LogP contribution < -0.4 is 16.3 Å². The molecule has 140 valence electrons. The van der Waals surface area contributed by atoms with Gasteiger partial charge in [-0.2, -0.15) is 0 Å². The zero-order valence-corrected chi connectivity index (χ0v) is 14.7. The lowest BCUT2D eigenvalue weighted by atomic mass is 9.86. The van der Waals surface area contributed by atoms with Gasteiger partial charge >= 0.3 is 0 Å². The highest BCUT2D eigenvalue weighted by molar-refractivity contribution is 5.92. The standard InChI is InChI=1S/C19H21N5O3/c25-19(18-8-16(22-27-18)12-4-2-1-3-5-12)20-14-6-15(7-14)24-9-17(21-23-24)13-10-26-11-13/h1-5,8-9,13-15,21,23H,6-7,10-11H2,(H,20,25). The molecule has 3 heterocycles. The first kappa shape index (κ1) is 16.3. The van der Waals surface area contributed by atoms with Crippen LogP contribution in [0.25, 0.3) is 11.3 Å². The lowest BCUT2D eigenvalue weighted by Crippen LogP contribution is -2.56. The second-order valence-corrected chi connectivity index (χ2v) is 7.20. The van der Waals surface area contributed by atoms with Gasteiger partial charge in [0.15, 0.2) is 0 Å². The van der Waals surface area contributed by atoms with Crippen molar-refractivity contribution in [2.45, 2.75) is 24.9 Å². The number of hydrogen-bond donors (Lipinski definition) is 3. The van der Waals surface area contributed by atoms with Crippen LogP contribution in [-0.2, 0) is 4.74 Å². The van der Waals surface area contributed by atoms with E-state index in [0.29, 0.717) is 17.7 Å². The van der Waals surface area contributed by atoms with Crippen molar-refractivity contribution < 1.29 is 14.1 Å². The minimum Gasteiger partial charge on any atom is -0.380 e. The molecule has 3 N–H and O–H groups in total. The molecule has 8 heteroatoms. The van der Waals surface area contributed by atoms with E-state index in [1.54, 1.807) is 6.07 Å². The molecule has 1 aromatic carbocycles. The van der Waals surface area contributed by atoms with Crippen LogP contribution in [0, 0.1) is 5.92 Å². The quantitative estimate of drug-likeness (QED) is 0.736. The Morgan fingerprint density at radius 1 is 1.22 bits per heavy atom. The minimum atomic E-state index is -0.219. The number of ether oxygens (including phenoxy) is 1. The predicted octanol–water partition coefficient (Wildman–Crippen LogP) is 1.41. The first-order chi connectivity index (χ1) is 13.3. The number of hydrogen-bond acceptors (Lipinski definition) is 7. The Morgan fingerprint density at radius 3 is 2.78 bits per heavy atom. The Hall–Kier alpha value is -2.84. The van der Waals surface area contributed by atoms with Gasteiger partial charge in [0.05, 0.1) is 25.0 Å². The van der Waals surface area contributed by atoms with Crippen molar-refractivity contribution in [3.8, 4) is 11.3 Å². The third kappa shape index (κ3) is 3.17. The number of hydrazine groups is 2. The molecule has 1 saturated heterocycles. The van der Waals surface area contributed by atoms with Gasteiger partial charge in [0.25, 0.3) is 5.91 Å². The number of benzene rings is 1. The smallest absolute Gasteiger partial charge is 0.290 e. The van der Waals surface area contributed by atoms with E-state index in [1.807, 2.05) is 30.3 Å². The molecule has 0 atom stereocenters. The largest absolute Gasteiger partial charge is 0.380 e. The Balaban J connectivity index is 1.13. The number of nitrogens with zero attached hydrogens (tertiary/aromatic N) is 2. The van der Waals surface area contributed by atoms with E-state index in [1.165, 1.54) is 5.70 Å². The van der Waals surface area contributed by atoms with Gasteiger partial charge in [-0.3, -0.25) is 9.80 Å². The van der Waals surface area contributed by atoms with Gasteiger partial charge in [-0.1, -0.05) is 35.5 Å². The van der Waals surface area contributed by atoms with Gasteiger partial charge in [0.1, 0.15) is 5.69 Å². The van der Waals surface area contributed by atoms with Crippen molar-refractivity contribution in [3.63, 3.8) is 0 Å². The Bertz CT molecular complexity index is 855. The monoisotopic (exact) mass is 367 g/mol. The van der Waals surface area contributed by atoms with Crippen molar-refractivity contribution in [2.24, 2.45) is 5.92 Å². The maximum Gasteiger partial charge on any atom is 0.290 e. The number of amides is 1. The first-order valence-corrected chi connectivity index (χ1v) is 9.19. The van der Waals surface area contributed by atoms with Crippen LogP contribution in [0.3, 0.4) is 0 Å². The molecular formula is C19H21N5O3. The summed E-state index contributed by atoms with van der Waals surface area (Å²) in [7, 11) is 0. The van der Waals surface area contributed by atoms with E-state index < -0.39 is 0 Å². The number of carbonyl (C=O) groups is 1. The number of nitrogens with one attached hydrogen (secondary N) is 3. The van der Waals surface area contributed by atoms with Crippen molar-refractivity contribution in [2.75, 3.05) is 13.2 Å². The van der Waals surface area contributed by atoms with Crippen LogP contribution in [0.2, 0.25) is 0 Å². The fraction of sp³-hybridized carbons (Fsp3) is 0.368. The molecule has 5 rings (SSSR count). The predicted molar refractivity (Wildman–Crippen MR) is 96.7 cm³/mol. The zero-order valence-electron chi connectivity index (χ0n) is 14.7. The molecule has 0 unspecified atom stereocenters. The highest BCUT2D eigenvalue weighted by Gasteiger charge is 2.37. The average Bonchev–Trinajstić information content (AvgIpc) is 3.27. The summed E-state index contributed by atoms with van der Waals surface area (Å²) in [5.41, 5.74) is 9.14. The third-order valence-corrected chi connectivity index (χ3v) is 5.33. The van der Waals surface area contributed by atoms with Crippen LogP contribution >= 0.6 is 0 Å². The molecule has 8 nitrogen and oxygen atoms in total. The highest BCUT2D eigenvalue weighted by atomic mass is 16.5. The van der Waals surface area contributed by atoms with Crippen LogP contribution in [0.4, 0.5) is 0 Å². The summed E-state index contributed by atoms with van der Waals surface area (Å²) >= 11 is 0. The topological polar surface area (TPSA) is 91.7 Å². The fourth-order valence-corrected chi connectivity index (χ4v) is 3.48. The maximum absolute atomic E-state index is 12.4. The van der Waals surface area contributed by atoms with Gasteiger partial charge in [-0.05, 0) is 12.8 Å². The summed E-state index contributed by atoms with van der Waals surface area (Å²) in [6, 6.07) is 11.8. The summed E-state index contributed by atoms with van der Waals surface area (Å²) in [5.74, 6) is 0.484. The lowest BCUT2D eigenvalue weighted by molar-refractivity contribution is -0.0162. The van der Waals surface area contributed by atoms with Gasteiger partial charge < -0.3 is 20.0 Å². The molecule has 2 fully saturated rings. The molecule has 0 bridgehead atoms. The lowest BCUT2D eigenvalue weighted by Gasteiger charge is -2.40. The van der Waals surface area contributed by atoms with Crippen LogP contribution in [0.5, 0.6) is 0 Å². The van der Waals surface area contributed by atoms with Crippen molar-refractivity contribution in [3.05, 3.63) is 54.1 Å². The van der Waals surface area contributed by atoms with Crippen molar-refractivity contribution in [1.29, 1.82) is 0 Å². The van der Waals surface area contributed by atoms with Crippen molar-refractivity contribution in [1.82, 2.24) is 26.4 Å². The maximum atomic E-state index is 12.4. The van der Waals surface area contributed by atoms with E-state index in [2.05, 4.69) is 32.6 Å². The molecule has 2 aliphatic heterocycles. The van der Waals surface area contributed by atoms with Crippen LogP contribution in [0.1, 0.15) is 23.4 Å². The van der Waals surface area contributed by atoms with E-state index in [0.717, 1.165) is 31.6 Å². The molecule has 1 aliphatic carbocycles. The summed E-state index contributed by atoms with van der Waals surface area (Å²) in [6.45, 7) is 1.56. The summed E-state index contributed by atoms with van der Waals surface area (Å²) in [6.07, 6.45) is 3.87. The molecule has 0 radical (unpaired) electrons. The molecule has 3 aliphatic rings. The number of rotatable bonds is 5. The number of carbonyl (C=O) groups excluding carboxylic acids is 1. The van der Waals surface area contributed by atoms with Crippen molar-refractivity contribution >= 4 is 5.91 Å². The minimum absolute atomic E-state index is 0.138. The number of aromatic nitrogens is 1. The Morgan fingerprint density at radius 2 is 2.04 bits per heavy atom. The second-order valence-electron chi connectivity index (χ2n) is 7.20. The highest BCUT2D eigenvalue weighted by Crippen LogP contribution is 2.29. The van der Waals surface area contributed by atoms with E-state index in [-0.39, 0.29) is 17.7 Å². The average molecular weight is 367 g/mol. The molecule has 2 aromatic rings. The normalized spacial score (nSPS) is 24.6. The molecular weight excluding hydrogens is 346 g/mol. The van der Waals surface area contributed by atoms with E-state index in [9.17, 15) is 4.79 Å². The van der Waals surface area contributed by atoms with Crippen LogP contribution in [0.15, 0.2) is 52.8 Å². The Kier molecular flexibility index (Phi) is 4.06.